The molecule has 0 aromatic heterocycles. The zero-order valence-electron chi connectivity index (χ0n) is 19.1. The second-order valence-corrected chi connectivity index (χ2v) is 9.47. The van der Waals surface area contributed by atoms with Crippen molar-refractivity contribution in [1.29, 1.82) is 0 Å². The van der Waals surface area contributed by atoms with E-state index < -0.39 is 17.2 Å². The largest absolute Gasteiger partial charge is 0.490 e. The van der Waals surface area contributed by atoms with E-state index in [0.717, 1.165) is 29.8 Å². The molecule has 0 N–H and O–H groups in total. The average Bonchev–Trinajstić information content (AvgIpc) is 2.93. The maximum Gasteiger partial charge on any atom is 0.410 e. The van der Waals surface area contributed by atoms with Crippen molar-refractivity contribution in [2.24, 2.45) is 0 Å². The SMILES string of the molecule is Cc1c2c(cc3c1N(Cc1ccc(F)c(F)c1)CCO3)CCN(C(=O)OC(C)(C)C)CC2. The van der Waals surface area contributed by atoms with Crippen molar-refractivity contribution in [1.82, 2.24) is 4.90 Å². The van der Waals surface area contributed by atoms with Crippen LogP contribution >= 0.6 is 0 Å². The Morgan fingerprint density at radius 3 is 2.56 bits per heavy atom. The van der Waals surface area contributed by atoms with Crippen molar-refractivity contribution in [2.75, 3.05) is 31.1 Å². The summed E-state index contributed by atoms with van der Waals surface area (Å²) in [6, 6.07) is 6.11. The summed E-state index contributed by atoms with van der Waals surface area (Å²) in [7, 11) is 0. The van der Waals surface area contributed by atoms with Crippen molar-refractivity contribution in [3.05, 3.63) is 58.2 Å². The number of rotatable bonds is 2. The number of ether oxygens (including phenoxy) is 2. The standard InChI is InChI=1S/C25H30F2N2O3/c1-16-19-8-10-28(24(30)32-25(2,3)4)9-7-18(19)14-22-23(16)29(11-12-31-22)15-17-5-6-20(26)21(27)13-17/h5-6,13-14H,7-12,15H2,1-4H3. The molecule has 0 bridgehead atoms. The summed E-state index contributed by atoms with van der Waals surface area (Å²) in [6.07, 6.45) is 1.17. The zero-order chi connectivity index (χ0) is 23.0. The molecule has 2 heterocycles. The molecule has 0 fully saturated rings. The van der Waals surface area contributed by atoms with Gasteiger partial charge in [-0.1, -0.05) is 6.07 Å². The Morgan fingerprint density at radius 1 is 1.09 bits per heavy atom. The lowest BCUT2D eigenvalue weighted by molar-refractivity contribution is 0.0258. The minimum atomic E-state index is -0.841. The second-order valence-electron chi connectivity index (χ2n) is 9.47. The number of carbonyl (C=O) groups excluding carboxylic acids is 1. The van der Waals surface area contributed by atoms with Gasteiger partial charge in [0.05, 0.1) is 12.2 Å². The van der Waals surface area contributed by atoms with Gasteiger partial charge in [0, 0.05) is 19.6 Å². The van der Waals surface area contributed by atoms with Gasteiger partial charge in [0.1, 0.15) is 18.0 Å². The monoisotopic (exact) mass is 444 g/mol. The van der Waals surface area contributed by atoms with Crippen LogP contribution in [0.15, 0.2) is 24.3 Å². The van der Waals surface area contributed by atoms with Gasteiger partial charge in [-0.2, -0.15) is 0 Å². The first-order chi connectivity index (χ1) is 15.1. The number of benzene rings is 2. The Kier molecular flexibility index (Phi) is 6.01. The van der Waals surface area contributed by atoms with Crippen molar-refractivity contribution < 1.29 is 23.0 Å². The van der Waals surface area contributed by atoms with Crippen molar-refractivity contribution in [2.45, 2.75) is 52.7 Å². The fourth-order valence-electron chi connectivity index (χ4n) is 4.47. The summed E-state index contributed by atoms with van der Waals surface area (Å²) < 4.78 is 38.6. The van der Waals surface area contributed by atoms with E-state index in [-0.39, 0.29) is 6.09 Å². The Balaban J connectivity index is 1.59. The van der Waals surface area contributed by atoms with Crippen LogP contribution in [0.2, 0.25) is 0 Å². The highest BCUT2D eigenvalue weighted by atomic mass is 19.2. The predicted octanol–water partition coefficient (Wildman–Crippen LogP) is 5.01. The third kappa shape index (κ3) is 4.66. The maximum atomic E-state index is 13.7. The minimum absolute atomic E-state index is 0.288. The van der Waals surface area contributed by atoms with Crippen LogP contribution in [0.4, 0.5) is 19.3 Å². The highest BCUT2D eigenvalue weighted by molar-refractivity contribution is 5.71. The van der Waals surface area contributed by atoms with Crippen LogP contribution in [-0.2, 0) is 24.1 Å². The first-order valence-corrected chi connectivity index (χ1v) is 11.1. The van der Waals surface area contributed by atoms with Crippen LogP contribution in [0.5, 0.6) is 5.75 Å². The molecule has 5 nitrogen and oxygen atoms in total. The third-order valence-electron chi connectivity index (χ3n) is 5.96. The van der Waals surface area contributed by atoms with Crippen molar-refractivity contribution in [3.8, 4) is 5.75 Å². The van der Waals surface area contributed by atoms with E-state index in [4.69, 9.17) is 9.47 Å². The summed E-state index contributed by atoms with van der Waals surface area (Å²) in [5.41, 5.74) is 4.69. The highest BCUT2D eigenvalue weighted by Crippen LogP contribution is 2.40. The lowest BCUT2D eigenvalue weighted by atomic mass is 9.94. The summed E-state index contributed by atoms with van der Waals surface area (Å²) in [6.45, 7) is 10.5. The Morgan fingerprint density at radius 2 is 1.84 bits per heavy atom. The van der Waals surface area contributed by atoms with Crippen molar-refractivity contribution >= 4 is 11.8 Å². The first-order valence-electron chi connectivity index (χ1n) is 11.1. The molecule has 0 saturated heterocycles. The molecule has 2 aromatic rings. The van der Waals surface area contributed by atoms with Gasteiger partial charge < -0.3 is 19.3 Å². The summed E-state index contributed by atoms with van der Waals surface area (Å²) in [4.78, 5) is 16.5. The molecule has 0 atom stereocenters. The number of amides is 1. The molecule has 0 saturated carbocycles. The smallest absolute Gasteiger partial charge is 0.410 e. The molecular formula is C25H30F2N2O3. The van der Waals surface area contributed by atoms with Crippen LogP contribution in [-0.4, -0.2) is 42.8 Å². The normalized spacial score (nSPS) is 16.1. The Labute approximate surface area is 187 Å². The van der Waals surface area contributed by atoms with Crippen molar-refractivity contribution in [3.63, 3.8) is 0 Å². The van der Waals surface area contributed by atoms with E-state index in [1.54, 1.807) is 11.0 Å². The highest BCUT2D eigenvalue weighted by Gasteiger charge is 2.29. The summed E-state index contributed by atoms with van der Waals surface area (Å²) in [5.74, 6) is -0.871. The van der Waals surface area contributed by atoms with E-state index in [1.165, 1.54) is 23.3 Å². The van der Waals surface area contributed by atoms with E-state index in [2.05, 4.69) is 17.9 Å². The molecule has 1 amide bonds. The fourth-order valence-corrected chi connectivity index (χ4v) is 4.47. The van der Waals surface area contributed by atoms with Gasteiger partial charge >= 0.3 is 6.09 Å². The van der Waals surface area contributed by atoms with E-state index in [9.17, 15) is 13.6 Å². The quantitative estimate of drug-likeness (QED) is 0.653. The number of halogens is 2. The zero-order valence-corrected chi connectivity index (χ0v) is 19.1. The van der Waals surface area contributed by atoms with Gasteiger partial charge in [0.2, 0.25) is 0 Å². The molecule has 2 aliphatic heterocycles. The number of anilines is 1. The molecule has 0 radical (unpaired) electrons. The van der Waals surface area contributed by atoms with Crippen LogP contribution in [0.3, 0.4) is 0 Å². The lowest BCUT2D eigenvalue weighted by Gasteiger charge is -2.34. The summed E-state index contributed by atoms with van der Waals surface area (Å²) in [5, 5.41) is 0. The van der Waals surface area contributed by atoms with E-state index in [0.29, 0.717) is 38.3 Å². The molecule has 0 aliphatic carbocycles. The fraction of sp³-hybridized carbons (Fsp3) is 0.480. The second kappa shape index (κ2) is 8.60. The average molecular weight is 445 g/mol. The number of hydrogen-bond acceptors (Lipinski definition) is 4. The van der Waals surface area contributed by atoms with Gasteiger partial charge in [-0.15, -0.1) is 0 Å². The molecule has 0 spiro atoms. The Hall–Kier alpha value is -2.83. The van der Waals surface area contributed by atoms with Crippen LogP contribution in [0.25, 0.3) is 0 Å². The minimum Gasteiger partial charge on any atom is -0.490 e. The van der Waals surface area contributed by atoms with Gasteiger partial charge in [-0.05, 0) is 81.0 Å². The van der Waals surface area contributed by atoms with Gasteiger partial charge in [-0.25, -0.2) is 13.6 Å². The predicted molar refractivity (Wildman–Crippen MR) is 119 cm³/mol. The molecule has 0 unspecified atom stereocenters. The van der Waals surface area contributed by atoms with Crippen LogP contribution in [0.1, 0.15) is 43.0 Å². The number of fused-ring (bicyclic) bond motifs is 2. The molecule has 172 valence electrons. The van der Waals surface area contributed by atoms with E-state index >= 15 is 0 Å². The maximum absolute atomic E-state index is 13.7. The molecule has 32 heavy (non-hydrogen) atoms. The molecular weight excluding hydrogens is 414 g/mol. The topological polar surface area (TPSA) is 42.0 Å². The molecule has 2 aromatic carbocycles. The summed E-state index contributed by atoms with van der Waals surface area (Å²) >= 11 is 0. The lowest BCUT2D eigenvalue weighted by Crippen LogP contribution is -2.38. The van der Waals surface area contributed by atoms with Crippen LogP contribution in [0, 0.1) is 18.6 Å². The number of carbonyl (C=O) groups is 1. The van der Waals surface area contributed by atoms with Gasteiger partial charge in [0.15, 0.2) is 11.6 Å². The third-order valence-corrected chi connectivity index (χ3v) is 5.96. The first kappa shape index (κ1) is 22.4. The van der Waals surface area contributed by atoms with Crippen LogP contribution < -0.4 is 9.64 Å². The molecule has 4 rings (SSSR count). The van der Waals surface area contributed by atoms with E-state index in [1.807, 2.05) is 20.8 Å². The van der Waals surface area contributed by atoms with Gasteiger partial charge in [0.25, 0.3) is 0 Å². The van der Waals surface area contributed by atoms with Gasteiger partial charge in [-0.3, -0.25) is 0 Å². The Bertz CT molecular complexity index is 1030. The molecule has 2 aliphatic rings. The number of hydrogen-bond donors (Lipinski definition) is 0. The number of nitrogens with zero attached hydrogens (tertiary/aromatic N) is 2. The molecule has 7 heteroatoms.